The summed E-state index contributed by atoms with van der Waals surface area (Å²) in [6.45, 7) is 5.26. The maximum atomic E-state index is 12.6. The van der Waals surface area contributed by atoms with Gasteiger partial charge in [0, 0.05) is 24.8 Å². The number of hydrogen-bond donors (Lipinski definition) is 1. The van der Waals surface area contributed by atoms with Crippen LogP contribution in [0.5, 0.6) is 5.75 Å². The minimum Gasteiger partial charge on any atom is -0.489 e. The van der Waals surface area contributed by atoms with Crippen LogP contribution in [0.2, 0.25) is 0 Å². The van der Waals surface area contributed by atoms with Gasteiger partial charge in [0.2, 0.25) is 0 Å². The highest BCUT2D eigenvalue weighted by molar-refractivity contribution is 5.97. The Bertz CT molecular complexity index is 1260. The number of fused-ring (bicyclic) bond motifs is 8. The van der Waals surface area contributed by atoms with Crippen LogP contribution in [0.1, 0.15) is 49.1 Å². The van der Waals surface area contributed by atoms with Gasteiger partial charge in [-0.1, -0.05) is 26.0 Å². The van der Waals surface area contributed by atoms with Crippen LogP contribution in [0.4, 0.5) is 0 Å². The number of carboxylic acid groups (broad SMARTS) is 1. The fourth-order valence-electron chi connectivity index (χ4n) is 5.24. The van der Waals surface area contributed by atoms with E-state index in [0.29, 0.717) is 24.7 Å². The first kappa shape index (κ1) is 19.8. The van der Waals surface area contributed by atoms with Crippen LogP contribution in [-0.4, -0.2) is 45.7 Å². The SMILES string of the molecule is COCCOc1cccc2c3n(nc12)[C@H]1CCC(C)(C)[C@H]1n1cc(C(=O)O)c(=O)cc1-3. The summed E-state index contributed by atoms with van der Waals surface area (Å²) in [5, 5.41) is 15.4. The van der Waals surface area contributed by atoms with E-state index in [4.69, 9.17) is 14.6 Å². The first-order valence-corrected chi connectivity index (χ1v) is 10.5. The van der Waals surface area contributed by atoms with Gasteiger partial charge in [-0.3, -0.25) is 9.48 Å². The van der Waals surface area contributed by atoms with Crippen molar-refractivity contribution in [2.75, 3.05) is 20.3 Å². The van der Waals surface area contributed by atoms with Crippen LogP contribution < -0.4 is 10.2 Å². The molecular weight excluding hydrogens is 398 g/mol. The Balaban J connectivity index is 1.78. The lowest BCUT2D eigenvalue weighted by Crippen LogP contribution is -2.35. The number of carboxylic acids is 1. The number of aromatic carboxylic acids is 1. The van der Waals surface area contributed by atoms with Gasteiger partial charge < -0.3 is 19.1 Å². The second-order valence-corrected chi connectivity index (χ2v) is 8.98. The van der Waals surface area contributed by atoms with Gasteiger partial charge in [-0.15, -0.1) is 0 Å². The lowest BCUT2D eigenvalue weighted by Gasteiger charge is -2.39. The number of methoxy groups -OCH3 is 1. The Hall–Kier alpha value is -3.13. The molecule has 1 aliphatic carbocycles. The summed E-state index contributed by atoms with van der Waals surface area (Å²) in [5.74, 6) is -0.535. The number of ether oxygens (including phenoxy) is 2. The fourth-order valence-corrected chi connectivity index (χ4v) is 5.24. The molecule has 31 heavy (non-hydrogen) atoms. The molecule has 1 aliphatic heterocycles. The van der Waals surface area contributed by atoms with Crippen molar-refractivity contribution >= 4 is 16.9 Å². The maximum Gasteiger partial charge on any atom is 0.341 e. The maximum absolute atomic E-state index is 12.6. The molecular formula is C23H25N3O5. The van der Waals surface area contributed by atoms with Crippen molar-refractivity contribution in [3.05, 3.63) is 46.2 Å². The summed E-state index contributed by atoms with van der Waals surface area (Å²) < 4.78 is 15.0. The highest BCUT2D eigenvalue weighted by Gasteiger charge is 2.48. The monoisotopic (exact) mass is 423 g/mol. The molecule has 1 fully saturated rings. The van der Waals surface area contributed by atoms with Gasteiger partial charge in [-0.2, -0.15) is 5.10 Å². The molecule has 8 heteroatoms. The Labute approximate surface area is 179 Å². The lowest BCUT2D eigenvalue weighted by atomic mass is 9.84. The Kier molecular flexibility index (Phi) is 4.44. The van der Waals surface area contributed by atoms with Crippen LogP contribution in [0.3, 0.4) is 0 Å². The molecule has 0 unspecified atom stereocenters. The standard InChI is InChI=1S/C23H25N3O5/c1-23(2)8-7-15-21(23)25-12-14(22(28)29)17(27)11-16(25)20-13-5-4-6-18(31-10-9-30-3)19(13)24-26(15)20/h4-6,11-12,15,21H,7-10H2,1-3H3,(H,28,29)/t15-,21-/m0/s1. The molecule has 8 nitrogen and oxygen atoms in total. The van der Waals surface area contributed by atoms with E-state index in [1.807, 2.05) is 27.4 Å². The van der Waals surface area contributed by atoms with Gasteiger partial charge >= 0.3 is 5.97 Å². The van der Waals surface area contributed by atoms with Crippen molar-refractivity contribution in [1.82, 2.24) is 14.3 Å². The molecule has 2 atom stereocenters. The van der Waals surface area contributed by atoms with Gasteiger partial charge in [0.1, 0.15) is 23.4 Å². The summed E-state index contributed by atoms with van der Waals surface area (Å²) in [5.41, 5.74) is 1.49. The minimum atomic E-state index is -1.20. The quantitative estimate of drug-likeness (QED) is 0.631. The van der Waals surface area contributed by atoms with Crippen LogP contribution in [0, 0.1) is 5.41 Å². The van der Waals surface area contributed by atoms with Crippen molar-refractivity contribution in [1.29, 1.82) is 0 Å². The molecule has 0 amide bonds. The van der Waals surface area contributed by atoms with E-state index >= 15 is 0 Å². The van der Waals surface area contributed by atoms with Crippen molar-refractivity contribution in [3.8, 4) is 17.1 Å². The predicted octanol–water partition coefficient (Wildman–Crippen LogP) is 3.50. The topological polar surface area (TPSA) is 95.6 Å². The molecule has 1 aromatic carbocycles. The summed E-state index contributed by atoms with van der Waals surface area (Å²) >= 11 is 0. The van der Waals surface area contributed by atoms with Crippen LogP contribution in [0.25, 0.3) is 22.3 Å². The number of pyridine rings is 1. The zero-order valence-electron chi connectivity index (χ0n) is 17.8. The predicted molar refractivity (Wildman–Crippen MR) is 115 cm³/mol. The van der Waals surface area contributed by atoms with Crippen LogP contribution in [-0.2, 0) is 4.74 Å². The van der Waals surface area contributed by atoms with E-state index in [2.05, 4.69) is 13.8 Å². The minimum absolute atomic E-state index is 0.000807. The van der Waals surface area contributed by atoms with E-state index in [9.17, 15) is 14.7 Å². The normalized spacial score (nSPS) is 20.9. The summed E-state index contributed by atoms with van der Waals surface area (Å²) in [4.78, 5) is 24.3. The van der Waals surface area contributed by atoms with Crippen molar-refractivity contribution in [2.45, 2.75) is 38.8 Å². The second-order valence-electron chi connectivity index (χ2n) is 8.98. The number of aromatic nitrogens is 3. The molecule has 0 bridgehead atoms. The third kappa shape index (κ3) is 2.89. The third-order valence-corrected chi connectivity index (χ3v) is 6.65. The molecule has 162 valence electrons. The molecule has 1 N–H and O–H groups in total. The number of nitrogens with zero attached hydrogens (tertiary/aromatic N) is 3. The van der Waals surface area contributed by atoms with Gasteiger partial charge in [0.05, 0.1) is 30.1 Å². The fraction of sp³-hybridized carbons (Fsp3) is 0.435. The Morgan fingerprint density at radius 3 is 2.87 bits per heavy atom. The summed E-state index contributed by atoms with van der Waals surface area (Å²) in [6, 6.07) is 7.28. The summed E-state index contributed by atoms with van der Waals surface area (Å²) in [7, 11) is 1.63. The van der Waals surface area contributed by atoms with E-state index in [1.54, 1.807) is 7.11 Å². The van der Waals surface area contributed by atoms with Gasteiger partial charge in [0.25, 0.3) is 0 Å². The molecule has 2 aliphatic rings. The van der Waals surface area contributed by atoms with Crippen molar-refractivity contribution in [3.63, 3.8) is 0 Å². The van der Waals surface area contributed by atoms with E-state index in [-0.39, 0.29) is 23.1 Å². The van der Waals surface area contributed by atoms with Gasteiger partial charge in [0.15, 0.2) is 5.43 Å². The van der Waals surface area contributed by atoms with Crippen molar-refractivity contribution in [2.24, 2.45) is 5.41 Å². The number of hydrogen-bond acceptors (Lipinski definition) is 5. The Morgan fingerprint density at radius 2 is 2.13 bits per heavy atom. The Morgan fingerprint density at radius 1 is 1.32 bits per heavy atom. The largest absolute Gasteiger partial charge is 0.489 e. The molecule has 2 aromatic heterocycles. The number of carbonyl (C=O) groups is 1. The van der Waals surface area contributed by atoms with Gasteiger partial charge in [-0.05, 0) is 24.3 Å². The zero-order chi connectivity index (χ0) is 21.9. The van der Waals surface area contributed by atoms with E-state index in [0.717, 1.165) is 29.4 Å². The number of benzene rings is 1. The zero-order valence-corrected chi connectivity index (χ0v) is 17.8. The highest BCUT2D eigenvalue weighted by Crippen LogP contribution is 2.56. The molecule has 3 heterocycles. The van der Waals surface area contributed by atoms with Crippen LogP contribution >= 0.6 is 0 Å². The summed E-state index contributed by atoms with van der Waals surface area (Å²) in [6.07, 6.45) is 3.42. The molecule has 5 rings (SSSR count). The first-order valence-electron chi connectivity index (χ1n) is 10.5. The third-order valence-electron chi connectivity index (χ3n) is 6.65. The smallest absolute Gasteiger partial charge is 0.341 e. The first-order chi connectivity index (χ1) is 14.8. The molecule has 0 spiro atoms. The molecule has 1 saturated carbocycles. The lowest BCUT2D eigenvalue weighted by molar-refractivity contribution is 0.0693. The second kappa shape index (κ2) is 6.95. The van der Waals surface area contributed by atoms with E-state index in [1.165, 1.54) is 12.3 Å². The molecule has 0 saturated heterocycles. The van der Waals surface area contributed by atoms with Crippen LogP contribution in [0.15, 0.2) is 35.3 Å². The average molecular weight is 423 g/mol. The number of rotatable bonds is 5. The highest BCUT2D eigenvalue weighted by atomic mass is 16.5. The molecule has 3 aromatic rings. The van der Waals surface area contributed by atoms with Crippen molar-refractivity contribution < 1.29 is 19.4 Å². The van der Waals surface area contributed by atoms with Gasteiger partial charge in [-0.25, -0.2) is 4.79 Å². The van der Waals surface area contributed by atoms with E-state index < -0.39 is 11.4 Å². The average Bonchev–Trinajstić information content (AvgIpc) is 3.26. The molecule has 0 radical (unpaired) electrons.